The van der Waals surface area contributed by atoms with Crippen LogP contribution in [0, 0.1) is 0 Å². The number of nitrogens with one attached hydrogen (secondary N) is 2. The van der Waals surface area contributed by atoms with E-state index in [1.807, 2.05) is 0 Å². The molecule has 3 N–H and O–H groups in total. The zero-order chi connectivity index (χ0) is 16.4. The Bertz CT molecular complexity index is 495. The number of hydroxylamine groups is 3. The standard InChI is InChI=1S/C13H20N4O6/c18-11(19)7-22-17-8-1-2-10(16(6-8)13(17)21)12(20)15-23-9-3-4-14-5-9/h8-10,14H,1-7H2,(H,15,20)(H,18,19)/t8?,9-,10?/m1/s1. The number of hydrogen-bond donors (Lipinski definition) is 3. The van der Waals surface area contributed by atoms with Crippen molar-refractivity contribution in [1.82, 2.24) is 20.8 Å². The number of aliphatic carboxylic acids is 1. The summed E-state index contributed by atoms with van der Waals surface area (Å²) in [6, 6.07) is -1.31. The molecular weight excluding hydrogens is 308 g/mol. The Balaban J connectivity index is 1.55. The third kappa shape index (κ3) is 3.38. The van der Waals surface area contributed by atoms with Crippen LogP contribution in [0.25, 0.3) is 0 Å². The lowest BCUT2D eigenvalue weighted by molar-refractivity contribution is -0.167. The SMILES string of the molecule is O=C(O)CON1C(=O)N2CC1CCC2C(=O)NO[C@@H]1CCNC1. The van der Waals surface area contributed by atoms with Gasteiger partial charge in [0.2, 0.25) is 0 Å². The summed E-state index contributed by atoms with van der Waals surface area (Å²) >= 11 is 0. The minimum absolute atomic E-state index is 0.0556. The number of fused-ring (bicyclic) bond motifs is 2. The monoisotopic (exact) mass is 328 g/mol. The summed E-state index contributed by atoms with van der Waals surface area (Å²) in [5.74, 6) is -1.51. The van der Waals surface area contributed by atoms with Gasteiger partial charge in [0.1, 0.15) is 6.04 Å². The van der Waals surface area contributed by atoms with E-state index in [1.54, 1.807) is 0 Å². The van der Waals surface area contributed by atoms with Gasteiger partial charge >= 0.3 is 12.0 Å². The molecule has 0 aromatic carbocycles. The zero-order valence-corrected chi connectivity index (χ0v) is 12.6. The highest BCUT2D eigenvalue weighted by atomic mass is 16.7. The van der Waals surface area contributed by atoms with Gasteiger partial charge < -0.3 is 15.3 Å². The van der Waals surface area contributed by atoms with Gasteiger partial charge in [-0.1, -0.05) is 0 Å². The normalized spacial score (nSPS) is 29.9. The van der Waals surface area contributed by atoms with E-state index in [2.05, 4.69) is 10.8 Å². The molecular formula is C13H20N4O6. The predicted octanol–water partition coefficient (Wildman–Crippen LogP) is -1.32. The molecule has 0 aliphatic carbocycles. The highest BCUT2D eigenvalue weighted by Crippen LogP contribution is 2.30. The zero-order valence-electron chi connectivity index (χ0n) is 12.6. The maximum absolute atomic E-state index is 12.3. The summed E-state index contributed by atoms with van der Waals surface area (Å²) < 4.78 is 0. The molecule has 10 nitrogen and oxygen atoms in total. The number of piperidine rings is 1. The first-order valence-electron chi connectivity index (χ1n) is 7.67. The number of carbonyl (C=O) groups excluding carboxylic acids is 2. The van der Waals surface area contributed by atoms with E-state index >= 15 is 0 Å². The number of hydrogen-bond acceptors (Lipinski definition) is 6. The van der Waals surface area contributed by atoms with Gasteiger partial charge in [-0.15, -0.1) is 0 Å². The smallest absolute Gasteiger partial charge is 0.345 e. The van der Waals surface area contributed by atoms with Crippen molar-refractivity contribution in [2.75, 3.05) is 26.2 Å². The van der Waals surface area contributed by atoms with Crippen LogP contribution in [0.4, 0.5) is 4.79 Å². The first kappa shape index (κ1) is 16.0. The lowest BCUT2D eigenvalue weighted by Gasteiger charge is -2.29. The van der Waals surface area contributed by atoms with Crippen molar-refractivity contribution in [1.29, 1.82) is 0 Å². The summed E-state index contributed by atoms with van der Waals surface area (Å²) in [6.07, 6.45) is 1.83. The summed E-state index contributed by atoms with van der Waals surface area (Å²) in [6.45, 7) is 1.31. The molecule has 2 bridgehead atoms. The average Bonchev–Trinajstić information content (AvgIpc) is 3.12. The molecule has 3 saturated heterocycles. The second kappa shape index (κ2) is 6.69. The highest BCUT2D eigenvalue weighted by molar-refractivity contribution is 5.88. The molecule has 23 heavy (non-hydrogen) atoms. The minimum atomic E-state index is -1.15. The molecule has 128 valence electrons. The maximum Gasteiger partial charge on any atom is 0.345 e. The van der Waals surface area contributed by atoms with Gasteiger partial charge in [-0.3, -0.25) is 14.5 Å². The molecule has 3 amide bonds. The van der Waals surface area contributed by atoms with Gasteiger partial charge in [0.05, 0.1) is 12.1 Å². The first-order valence-corrected chi connectivity index (χ1v) is 7.67. The Labute approximate surface area is 132 Å². The van der Waals surface area contributed by atoms with Crippen LogP contribution in [-0.2, 0) is 19.3 Å². The average molecular weight is 328 g/mol. The van der Waals surface area contributed by atoms with Crippen LogP contribution >= 0.6 is 0 Å². The fourth-order valence-corrected chi connectivity index (χ4v) is 3.13. The van der Waals surface area contributed by atoms with E-state index in [1.165, 1.54) is 4.90 Å². The summed E-state index contributed by atoms with van der Waals surface area (Å²) in [5.41, 5.74) is 2.44. The van der Waals surface area contributed by atoms with Crippen molar-refractivity contribution >= 4 is 17.9 Å². The van der Waals surface area contributed by atoms with Crippen LogP contribution in [0.2, 0.25) is 0 Å². The van der Waals surface area contributed by atoms with Gasteiger partial charge in [-0.2, -0.15) is 5.06 Å². The second-order valence-corrected chi connectivity index (χ2v) is 5.87. The lowest BCUT2D eigenvalue weighted by atomic mass is 10.0. The van der Waals surface area contributed by atoms with Crippen LogP contribution in [0.15, 0.2) is 0 Å². The molecule has 0 saturated carbocycles. The van der Waals surface area contributed by atoms with Crippen LogP contribution in [0.5, 0.6) is 0 Å². The highest BCUT2D eigenvalue weighted by Gasteiger charge is 2.48. The van der Waals surface area contributed by atoms with Crippen LogP contribution in [-0.4, -0.2) is 77.4 Å². The third-order valence-electron chi connectivity index (χ3n) is 4.29. The Morgan fingerprint density at radius 2 is 2.17 bits per heavy atom. The topological polar surface area (TPSA) is 120 Å². The number of amides is 3. The molecule has 3 heterocycles. The fraction of sp³-hybridized carbons (Fsp3) is 0.769. The van der Waals surface area contributed by atoms with Crippen molar-refractivity contribution in [3.8, 4) is 0 Å². The largest absolute Gasteiger partial charge is 0.479 e. The Kier molecular flexibility index (Phi) is 4.64. The van der Waals surface area contributed by atoms with E-state index in [-0.39, 0.29) is 18.1 Å². The first-order chi connectivity index (χ1) is 11.1. The van der Waals surface area contributed by atoms with Crippen molar-refractivity contribution in [3.63, 3.8) is 0 Å². The number of nitrogens with zero attached hydrogens (tertiary/aromatic N) is 2. The molecule has 10 heteroatoms. The van der Waals surface area contributed by atoms with E-state index in [0.717, 1.165) is 18.0 Å². The summed E-state index contributed by atoms with van der Waals surface area (Å²) in [7, 11) is 0. The molecule has 0 spiro atoms. The van der Waals surface area contributed by atoms with E-state index in [0.29, 0.717) is 25.9 Å². The molecule has 3 atom stereocenters. The molecule has 0 aromatic heterocycles. The molecule has 3 aliphatic rings. The number of carboxylic acid groups (broad SMARTS) is 1. The van der Waals surface area contributed by atoms with Gasteiger partial charge in [0, 0.05) is 13.1 Å². The lowest BCUT2D eigenvalue weighted by Crippen LogP contribution is -2.50. The van der Waals surface area contributed by atoms with Crippen molar-refractivity contribution in [3.05, 3.63) is 0 Å². The van der Waals surface area contributed by atoms with Crippen LogP contribution in [0.3, 0.4) is 0 Å². The predicted molar refractivity (Wildman–Crippen MR) is 74.8 cm³/mol. The van der Waals surface area contributed by atoms with E-state index in [9.17, 15) is 14.4 Å². The van der Waals surface area contributed by atoms with E-state index < -0.39 is 24.6 Å². The van der Waals surface area contributed by atoms with Crippen molar-refractivity contribution in [2.45, 2.75) is 37.5 Å². The minimum Gasteiger partial charge on any atom is -0.479 e. The number of carbonyl (C=O) groups is 3. The van der Waals surface area contributed by atoms with Gasteiger partial charge in [0.15, 0.2) is 6.61 Å². The van der Waals surface area contributed by atoms with Crippen molar-refractivity contribution in [2.24, 2.45) is 0 Å². The maximum atomic E-state index is 12.3. The molecule has 2 unspecified atom stereocenters. The van der Waals surface area contributed by atoms with Gasteiger partial charge in [-0.05, 0) is 25.8 Å². The Hall–Kier alpha value is -1.91. The summed E-state index contributed by atoms with van der Waals surface area (Å²) in [4.78, 5) is 46.9. The molecule has 0 aromatic rings. The number of rotatable bonds is 6. The Morgan fingerprint density at radius 1 is 1.35 bits per heavy atom. The molecule has 3 rings (SSSR count). The Morgan fingerprint density at radius 3 is 2.87 bits per heavy atom. The number of carboxylic acids is 1. The van der Waals surface area contributed by atoms with E-state index in [4.69, 9.17) is 14.8 Å². The molecule has 3 aliphatic heterocycles. The van der Waals surface area contributed by atoms with Crippen molar-refractivity contribution < 1.29 is 29.2 Å². The van der Waals surface area contributed by atoms with Crippen LogP contribution in [0.1, 0.15) is 19.3 Å². The quantitative estimate of drug-likeness (QED) is 0.517. The fourth-order valence-electron chi connectivity index (χ4n) is 3.13. The molecule has 3 fully saturated rings. The van der Waals surface area contributed by atoms with Gasteiger partial charge in [0.25, 0.3) is 5.91 Å². The van der Waals surface area contributed by atoms with Gasteiger partial charge in [-0.25, -0.2) is 15.1 Å². The number of urea groups is 1. The third-order valence-corrected chi connectivity index (χ3v) is 4.29. The second-order valence-electron chi connectivity index (χ2n) is 5.87. The molecule has 0 radical (unpaired) electrons. The van der Waals surface area contributed by atoms with Crippen LogP contribution < -0.4 is 10.8 Å². The summed E-state index contributed by atoms with van der Waals surface area (Å²) in [5, 5.41) is 12.9.